The van der Waals surface area contributed by atoms with Crippen LogP contribution in [0.3, 0.4) is 0 Å². The minimum absolute atomic E-state index is 0.0170. The van der Waals surface area contributed by atoms with Gasteiger partial charge in [-0.1, -0.05) is 12.1 Å². The lowest BCUT2D eigenvalue weighted by Crippen LogP contribution is -2.48. The van der Waals surface area contributed by atoms with Gasteiger partial charge in [-0.2, -0.15) is 0 Å². The molecule has 0 spiro atoms. The number of aryl methyl sites for hydroxylation is 1. The first-order valence-corrected chi connectivity index (χ1v) is 13.5. The van der Waals surface area contributed by atoms with Crippen LogP contribution in [-0.2, 0) is 11.2 Å². The van der Waals surface area contributed by atoms with Gasteiger partial charge in [-0.05, 0) is 61.6 Å². The summed E-state index contributed by atoms with van der Waals surface area (Å²) in [6.07, 6.45) is 6.17. The Hall–Kier alpha value is -2.75. The number of amides is 2. The molecule has 2 amide bonds. The molecule has 0 bridgehead atoms. The summed E-state index contributed by atoms with van der Waals surface area (Å²) < 4.78 is 0. The maximum Gasteiger partial charge on any atom is 0.264 e. The molecule has 0 saturated carbocycles. The van der Waals surface area contributed by atoms with E-state index in [0.717, 1.165) is 42.4 Å². The van der Waals surface area contributed by atoms with Gasteiger partial charge in [0, 0.05) is 37.4 Å². The molecule has 34 heavy (non-hydrogen) atoms. The van der Waals surface area contributed by atoms with Crippen molar-refractivity contribution >= 4 is 45.2 Å². The number of hydrogen-bond acceptors (Lipinski definition) is 7. The number of fused-ring (bicyclic) bond motifs is 1. The van der Waals surface area contributed by atoms with Crippen LogP contribution in [0.1, 0.15) is 45.4 Å². The molecule has 0 aliphatic carbocycles. The second-order valence-electron chi connectivity index (χ2n) is 9.17. The van der Waals surface area contributed by atoms with Gasteiger partial charge in [0.15, 0.2) is 0 Å². The number of rotatable bonds is 5. The van der Waals surface area contributed by atoms with E-state index in [1.807, 2.05) is 23.2 Å². The summed E-state index contributed by atoms with van der Waals surface area (Å²) in [5.41, 5.74) is 3.83. The van der Waals surface area contributed by atoms with Crippen molar-refractivity contribution in [1.29, 1.82) is 0 Å². The van der Waals surface area contributed by atoms with Crippen LogP contribution in [0.5, 0.6) is 0 Å². The van der Waals surface area contributed by atoms with Crippen molar-refractivity contribution in [3.8, 4) is 10.4 Å². The number of anilines is 2. The van der Waals surface area contributed by atoms with E-state index in [0.29, 0.717) is 18.0 Å². The van der Waals surface area contributed by atoms with Crippen molar-refractivity contribution in [2.75, 3.05) is 36.8 Å². The van der Waals surface area contributed by atoms with Gasteiger partial charge < -0.3 is 20.9 Å². The summed E-state index contributed by atoms with van der Waals surface area (Å²) in [4.78, 5) is 33.6. The van der Waals surface area contributed by atoms with Gasteiger partial charge in [0.05, 0.1) is 25.8 Å². The van der Waals surface area contributed by atoms with Gasteiger partial charge in [0.2, 0.25) is 5.91 Å². The third kappa shape index (κ3) is 4.23. The summed E-state index contributed by atoms with van der Waals surface area (Å²) in [5.74, 6) is 0.293. The second-order valence-corrected chi connectivity index (χ2v) is 11.3. The number of likely N-dealkylation sites (tertiary alicyclic amines) is 1. The molecule has 0 radical (unpaired) electrons. The Kier molecular flexibility index (Phi) is 5.84. The fourth-order valence-electron chi connectivity index (χ4n) is 4.82. The monoisotopic (exact) mass is 493 g/mol. The Bertz CT molecular complexity index is 1220. The highest BCUT2D eigenvalue weighted by atomic mass is 32.1. The lowest BCUT2D eigenvalue weighted by atomic mass is 10.0. The van der Waals surface area contributed by atoms with E-state index in [-0.39, 0.29) is 23.8 Å². The number of hydrogen-bond donors (Lipinski definition) is 3. The molecule has 9 heteroatoms. The van der Waals surface area contributed by atoms with Crippen LogP contribution < -0.4 is 16.0 Å². The minimum Gasteiger partial charge on any atom is -0.385 e. The Balaban J connectivity index is 1.06. The molecule has 176 valence electrons. The summed E-state index contributed by atoms with van der Waals surface area (Å²) >= 11 is 3.07. The first-order chi connectivity index (χ1) is 16.6. The maximum absolute atomic E-state index is 12.9. The molecule has 7 nitrogen and oxygen atoms in total. The number of nitrogens with one attached hydrogen (secondary N) is 3. The fourth-order valence-corrected chi connectivity index (χ4v) is 6.69. The van der Waals surface area contributed by atoms with Crippen LogP contribution >= 0.6 is 22.7 Å². The lowest BCUT2D eigenvalue weighted by Gasteiger charge is -2.37. The van der Waals surface area contributed by atoms with Crippen LogP contribution in [0.15, 0.2) is 36.5 Å². The molecule has 2 aromatic heterocycles. The van der Waals surface area contributed by atoms with E-state index in [4.69, 9.17) is 0 Å². The number of thiophene rings is 1. The van der Waals surface area contributed by atoms with Crippen LogP contribution in [-0.4, -0.2) is 53.9 Å². The van der Waals surface area contributed by atoms with Gasteiger partial charge >= 0.3 is 0 Å². The third-order valence-corrected chi connectivity index (χ3v) is 9.01. The zero-order chi connectivity index (χ0) is 23.1. The van der Waals surface area contributed by atoms with Gasteiger partial charge in [-0.25, -0.2) is 4.98 Å². The molecule has 6 rings (SSSR count). The summed E-state index contributed by atoms with van der Waals surface area (Å²) in [5, 5.41) is 11.5. The van der Waals surface area contributed by atoms with Crippen LogP contribution in [0.25, 0.3) is 10.4 Å². The molecular formula is C25H27N5O2S2. The highest BCUT2D eigenvalue weighted by Gasteiger charge is 2.35. The number of carbonyl (C=O) groups excluding carboxylic acids is 2. The van der Waals surface area contributed by atoms with Gasteiger partial charge in [-0.3, -0.25) is 9.59 Å². The van der Waals surface area contributed by atoms with Crippen LogP contribution in [0.2, 0.25) is 0 Å². The highest BCUT2D eigenvalue weighted by Crippen LogP contribution is 2.37. The molecule has 2 fully saturated rings. The van der Waals surface area contributed by atoms with Crippen molar-refractivity contribution in [3.63, 3.8) is 0 Å². The van der Waals surface area contributed by atoms with Crippen molar-refractivity contribution in [2.45, 2.75) is 37.6 Å². The number of benzene rings is 1. The van der Waals surface area contributed by atoms with Gasteiger partial charge in [0.25, 0.3) is 5.91 Å². The SMILES string of the molecule is O=C(Nc1ccc(C(=O)N2CC(c3ncc(-c4ccc5c(c4)NCCC5)s3)C2)s1)[C@@H]1CCCN1. The Labute approximate surface area is 206 Å². The molecule has 5 heterocycles. The molecule has 3 N–H and O–H groups in total. The Morgan fingerprint density at radius 1 is 1.09 bits per heavy atom. The Morgan fingerprint density at radius 2 is 2.00 bits per heavy atom. The first kappa shape index (κ1) is 21.8. The minimum atomic E-state index is -0.127. The van der Waals surface area contributed by atoms with E-state index in [1.54, 1.807) is 11.3 Å². The summed E-state index contributed by atoms with van der Waals surface area (Å²) in [7, 11) is 0. The third-order valence-electron chi connectivity index (χ3n) is 6.81. The molecule has 3 aromatic rings. The van der Waals surface area contributed by atoms with Crippen molar-refractivity contribution < 1.29 is 9.59 Å². The molecule has 1 atom stereocenters. The highest BCUT2D eigenvalue weighted by molar-refractivity contribution is 7.18. The molecule has 2 saturated heterocycles. The number of aromatic nitrogens is 1. The van der Waals surface area contributed by atoms with E-state index in [2.05, 4.69) is 39.1 Å². The zero-order valence-electron chi connectivity index (χ0n) is 18.8. The van der Waals surface area contributed by atoms with Crippen molar-refractivity contribution in [1.82, 2.24) is 15.2 Å². The average Bonchev–Trinajstić information content (AvgIpc) is 3.59. The molecule has 3 aliphatic rings. The second kappa shape index (κ2) is 9.13. The topological polar surface area (TPSA) is 86.4 Å². The predicted octanol–water partition coefficient (Wildman–Crippen LogP) is 4.16. The first-order valence-electron chi connectivity index (χ1n) is 11.9. The summed E-state index contributed by atoms with van der Waals surface area (Å²) in [6, 6.07) is 10.2. The standard InChI is InChI=1S/C25H27N5O2S2/c31-23(18-4-2-10-26-18)29-22-8-7-20(33-22)25(32)30-13-17(14-30)24-28-12-21(34-24)16-6-5-15-3-1-9-27-19(15)11-16/h5-8,11-12,17-18,26-27H,1-4,9-10,13-14H2,(H,29,31)/t18-/m0/s1. The lowest BCUT2D eigenvalue weighted by molar-refractivity contribution is -0.117. The summed E-state index contributed by atoms with van der Waals surface area (Å²) in [6.45, 7) is 3.28. The smallest absolute Gasteiger partial charge is 0.264 e. The number of nitrogens with zero attached hydrogens (tertiary/aromatic N) is 2. The average molecular weight is 494 g/mol. The van der Waals surface area contributed by atoms with E-state index in [9.17, 15) is 9.59 Å². The van der Waals surface area contributed by atoms with E-state index < -0.39 is 0 Å². The predicted molar refractivity (Wildman–Crippen MR) is 137 cm³/mol. The number of carbonyl (C=O) groups is 2. The van der Waals surface area contributed by atoms with Crippen LogP contribution in [0, 0.1) is 0 Å². The largest absolute Gasteiger partial charge is 0.385 e. The molecular weight excluding hydrogens is 466 g/mol. The molecule has 3 aliphatic heterocycles. The number of thiazole rings is 1. The van der Waals surface area contributed by atoms with E-state index >= 15 is 0 Å². The van der Waals surface area contributed by atoms with E-state index in [1.165, 1.54) is 39.4 Å². The molecule has 0 unspecified atom stereocenters. The van der Waals surface area contributed by atoms with Crippen molar-refractivity contribution in [3.05, 3.63) is 52.0 Å². The normalized spacial score (nSPS) is 19.9. The quantitative estimate of drug-likeness (QED) is 0.497. The Morgan fingerprint density at radius 3 is 2.85 bits per heavy atom. The van der Waals surface area contributed by atoms with Crippen LogP contribution in [0.4, 0.5) is 10.7 Å². The van der Waals surface area contributed by atoms with Crippen molar-refractivity contribution in [2.24, 2.45) is 0 Å². The fraction of sp³-hybridized carbons (Fsp3) is 0.400. The molecule has 1 aromatic carbocycles. The van der Waals surface area contributed by atoms with Gasteiger partial charge in [-0.15, -0.1) is 22.7 Å². The maximum atomic E-state index is 12.9. The van der Waals surface area contributed by atoms with Gasteiger partial charge in [0.1, 0.15) is 0 Å². The zero-order valence-corrected chi connectivity index (χ0v) is 20.4.